The van der Waals surface area contributed by atoms with Crippen LogP contribution in [0.3, 0.4) is 0 Å². The van der Waals surface area contributed by atoms with Gasteiger partial charge in [-0.3, -0.25) is 0 Å². The average molecular weight is 617 g/mol. The molecule has 6 rings (SSSR count). The Morgan fingerprint density at radius 2 is 0.979 bits per heavy atom. The molecule has 0 heteroatoms. The largest absolute Gasteiger partial charge is 0.0984 e. The molecule has 0 radical (unpaired) electrons. The van der Waals surface area contributed by atoms with Crippen LogP contribution < -0.4 is 0 Å². The van der Waals surface area contributed by atoms with Gasteiger partial charge in [0.05, 0.1) is 0 Å². The molecular formula is C48H40. The lowest BCUT2D eigenvalue weighted by Crippen LogP contribution is -1.96. The van der Waals surface area contributed by atoms with Crippen molar-refractivity contribution >= 4 is 39.8 Å². The first-order chi connectivity index (χ1) is 23.6. The SMILES string of the molecule is C=Cc1c(C=C)c(-c2cccc3ccccc23)c2ccccc2c1-c1ccccccc(-c2ccccccc(/C=C\C)c(C)c2)cc1. The minimum absolute atomic E-state index is 1.07. The van der Waals surface area contributed by atoms with Crippen molar-refractivity contribution in [1.82, 2.24) is 0 Å². The maximum Gasteiger partial charge on any atom is -0.00204 e. The summed E-state index contributed by atoms with van der Waals surface area (Å²) in [5, 5.41) is 4.79. The molecule has 0 aliphatic carbocycles. The van der Waals surface area contributed by atoms with Crippen molar-refractivity contribution in [3.05, 3.63) is 199 Å². The highest BCUT2D eigenvalue weighted by Gasteiger charge is 2.19. The molecule has 0 amide bonds. The Labute approximate surface area is 285 Å². The van der Waals surface area contributed by atoms with Crippen LogP contribution in [0.1, 0.15) is 29.2 Å². The number of fused-ring (bicyclic) bond motifs is 2. The fraction of sp³-hybridized carbons (Fsp3) is 0.0417. The monoisotopic (exact) mass is 616 g/mol. The van der Waals surface area contributed by atoms with Crippen molar-refractivity contribution in [2.45, 2.75) is 13.8 Å². The van der Waals surface area contributed by atoms with Crippen LogP contribution in [-0.4, -0.2) is 0 Å². The highest BCUT2D eigenvalue weighted by molar-refractivity contribution is 6.14. The normalized spacial score (nSPS) is 10.8. The van der Waals surface area contributed by atoms with Gasteiger partial charge in [0.1, 0.15) is 0 Å². The molecule has 0 N–H and O–H groups in total. The van der Waals surface area contributed by atoms with Gasteiger partial charge in [-0.25, -0.2) is 0 Å². The van der Waals surface area contributed by atoms with Gasteiger partial charge in [0, 0.05) is 0 Å². The molecule has 6 aromatic carbocycles. The summed E-state index contributed by atoms with van der Waals surface area (Å²) < 4.78 is 0. The Balaban J connectivity index is 1.67. The third kappa shape index (κ3) is 6.61. The zero-order valence-electron chi connectivity index (χ0n) is 27.7. The van der Waals surface area contributed by atoms with Gasteiger partial charge in [0.25, 0.3) is 0 Å². The van der Waals surface area contributed by atoms with Crippen LogP contribution in [0.15, 0.2) is 177 Å². The quantitative estimate of drug-likeness (QED) is 0.175. The summed E-state index contributed by atoms with van der Waals surface area (Å²) in [7, 11) is 0. The van der Waals surface area contributed by atoms with Crippen LogP contribution in [0.25, 0.3) is 73.2 Å². The predicted molar refractivity (Wildman–Crippen MR) is 213 cm³/mol. The van der Waals surface area contributed by atoms with Crippen LogP contribution in [0.2, 0.25) is 0 Å². The topological polar surface area (TPSA) is 0 Å². The van der Waals surface area contributed by atoms with E-state index in [4.69, 9.17) is 0 Å². The van der Waals surface area contributed by atoms with E-state index in [0.717, 1.165) is 33.4 Å². The Kier molecular flexibility index (Phi) is 10.0. The fourth-order valence-corrected chi connectivity index (χ4v) is 6.53. The highest BCUT2D eigenvalue weighted by Crippen LogP contribution is 2.44. The van der Waals surface area contributed by atoms with Gasteiger partial charge in [-0.15, -0.1) is 0 Å². The molecule has 48 heavy (non-hydrogen) atoms. The summed E-state index contributed by atoms with van der Waals surface area (Å²) in [6, 6.07) is 56.0. The molecule has 0 spiro atoms. The van der Waals surface area contributed by atoms with Crippen LogP contribution in [0.4, 0.5) is 0 Å². The molecule has 0 aliphatic rings. The standard InChI is InChI=1S/C48H40/c1-5-21-36-22-12-8-11-15-26-40(34-35(36)4)37-23-13-9-10-14-25-39(33-32-37)47-41(6-2)42(7-3)48(46-30-19-18-29-45(46)47)44-31-20-27-38-24-16-17-28-43(38)44/h5-34H,2-3H2,1,4H3/b10-9?,11-8?,12-8?,13-9?,14-10?,15-11?,21-5-,22-12?,23-13?,25-14?,26-15?,33-32?,35-34?,36-22?,36-35?,37-23?,37-32?,39-25?,39-33?,40-26?,40-34?. The van der Waals surface area contributed by atoms with E-state index in [0.29, 0.717) is 0 Å². The van der Waals surface area contributed by atoms with E-state index in [9.17, 15) is 0 Å². The maximum absolute atomic E-state index is 4.35. The lowest BCUT2D eigenvalue weighted by Gasteiger charge is -2.21. The van der Waals surface area contributed by atoms with Gasteiger partial charge in [-0.2, -0.15) is 0 Å². The van der Waals surface area contributed by atoms with Crippen molar-refractivity contribution in [3.8, 4) is 33.4 Å². The molecule has 0 fully saturated rings. The van der Waals surface area contributed by atoms with Crippen LogP contribution in [-0.2, 0) is 0 Å². The molecular weight excluding hydrogens is 577 g/mol. The molecule has 232 valence electrons. The second kappa shape index (κ2) is 15.1. The highest BCUT2D eigenvalue weighted by atomic mass is 14.2. The number of hydrogen-bond donors (Lipinski definition) is 0. The van der Waals surface area contributed by atoms with Crippen LogP contribution in [0.5, 0.6) is 0 Å². The summed E-state index contributed by atoms with van der Waals surface area (Å²) in [5.41, 5.74) is 11.4. The van der Waals surface area contributed by atoms with Gasteiger partial charge in [0.2, 0.25) is 0 Å². The van der Waals surface area contributed by atoms with Crippen LogP contribution in [0, 0.1) is 6.92 Å². The molecule has 0 saturated heterocycles. The first-order valence-corrected chi connectivity index (χ1v) is 16.5. The molecule has 0 aliphatic heterocycles. The molecule has 0 nitrogen and oxygen atoms in total. The van der Waals surface area contributed by atoms with Gasteiger partial charge in [-0.1, -0.05) is 195 Å². The average Bonchev–Trinajstić information content (AvgIpc) is 3.12. The molecule has 0 unspecified atom stereocenters. The van der Waals surface area contributed by atoms with Gasteiger partial charge in [-0.05, 0) is 91.0 Å². The Bertz CT molecular complexity index is 2290. The number of allylic oxidation sites excluding steroid dienone is 1. The number of rotatable bonds is 6. The molecule has 0 saturated carbocycles. The van der Waals surface area contributed by atoms with E-state index >= 15 is 0 Å². The Morgan fingerprint density at radius 3 is 1.67 bits per heavy atom. The Hall–Kier alpha value is -5.98. The molecule has 0 aromatic heterocycles. The lowest BCUT2D eigenvalue weighted by molar-refractivity contribution is 1.46. The zero-order valence-corrected chi connectivity index (χ0v) is 27.7. The molecule has 6 aromatic rings. The number of hydrogen-bond acceptors (Lipinski definition) is 0. The first-order valence-electron chi connectivity index (χ1n) is 16.5. The maximum atomic E-state index is 4.35. The lowest BCUT2D eigenvalue weighted by atomic mass is 9.82. The summed E-state index contributed by atoms with van der Waals surface area (Å²) in [6.45, 7) is 12.9. The summed E-state index contributed by atoms with van der Waals surface area (Å²) in [5.74, 6) is 0. The minimum Gasteiger partial charge on any atom is -0.0984 e. The van der Waals surface area contributed by atoms with Gasteiger partial charge in [0.15, 0.2) is 0 Å². The van der Waals surface area contributed by atoms with Crippen molar-refractivity contribution in [3.63, 3.8) is 0 Å². The van der Waals surface area contributed by atoms with E-state index in [1.165, 1.54) is 43.8 Å². The van der Waals surface area contributed by atoms with Crippen molar-refractivity contribution in [2.75, 3.05) is 0 Å². The summed E-state index contributed by atoms with van der Waals surface area (Å²) in [4.78, 5) is 0. The van der Waals surface area contributed by atoms with Gasteiger partial charge >= 0.3 is 0 Å². The molecule has 0 atom stereocenters. The smallest absolute Gasteiger partial charge is 0.00204 e. The van der Waals surface area contributed by atoms with E-state index in [-0.39, 0.29) is 0 Å². The number of aryl methyl sites for hydroxylation is 1. The third-order valence-corrected chi connectivity index (χ3v) is 8.77. The van der Waals surface area contributed by atoms with Crippen molar-refractivity contribution in [1.29, 1.82) is 0 Å². The third-order valence-electron chi connectivity index (χ3n) is 8.77. The first kappa shape index (κ1) is 32.0. The summed E-state index contributed by atoms with van der Waals surface area (Å²) >= 11 is 0. The second-order valence-electron chi connectivity index (χ2n) is 11.7. The zero-order chi connectivity index (χ0) is 33.3. The predicted octanol–water partition coefficient (Wildman–Crippen LogP) is 13.9. The number of benzene rings is 4. The van der Waals surface area contributed by atoms with Crippen molar-refractivity contribution in [2.24, 2.45) is 0 Å². The second-order valence-corrected chi connectivity index (χ2v) is 11.7. The van der Waals surface area contributed by atoms with E-state index in [2.05, 4.69) is 197 Å². The van der Waals surface area contributed by atoms with E-state index < -0.39 is 0 Å². The van der Waals surface area contributed by atoms with Crippen molar-refractivity contribution < 1.29 is 0 Å². The van der Waals surface area contributed by atoms with Crippen LogP contribution >= 0.6 is 0 Å². The minimum atomic E-state index is 1.07. The fourth-order valence-electron chi connectivity index (χ4n) is 6.53. The molecule has 0 bridgehead atoms. The Morgan fingerprint density at radius 1 is 0.458 bits per heavy atom. The summed E-state index contributed by atoms with van der Waals surface area (Å²) in [6.07, 6.45) is 8.22. The molecule has 0 heterocycles. The van der Waals surface area contributed by atoms with Gasteiger partial charge < -0.3 is 0 Å². The van der Waals surface area contributed by atoms with E-state index in [1.807, 2.05) is 12.2 Å². The van der Waals surface area contributed by atoms with E-state index in [1.54, 1.807) is 0 Å².